The second-order valence-electron chi connectivity index (χ2n) is 8.83. The minimum Gasteiger partial charge on any atom is -0.490 e. The molecule has 3 atom stereocenters. The van der Waals surface area contributed by atoms with Gasteiger partial charge in [-0.05, 0) is 50.2 Å². The van der Waals surface area contributed by atoms with E-state index in [2.05, 4.69) is 30.3 Å². The average Bonchev–Trinajstić information content (AvgIpc) is 3.27. The number of hydrogen-bond donors (Lipinski definition) is 1. The van der Waals surface area contributed by atoms with Gasteiger partial charge in [-0.15, -0.1) is 5.10 Å². The summed E-state index contributed by atoms with van der Waals surface area (Å²) in [5.74, 6) is 2.80. The van der Waals surface area contributed by atoms with Crippen LogP contribution in [0.25, 0.3) is 5.65 Å². The number of hydrogen-bond acceptors (Lipinski definition) is 7. The van der Waals surface area contributed by atoms with Gasteiger partial charge in [0.05, 0.1) is 6.61 Å². The largest absolute Gasteiger partial charge is 0.490 e. The number of halogens is 3. The van der Waals surface area contributed by atoms with Gasteiger partial charge in [0.15, 0.2) is 11.4 Å². The minimum atomic E-state index is -4.18. The van der Waals surface area contributed by atoms with E-state index < -0.39 is 12.6 Å². The Labute approximate surface area is 189 Å². The zero-order valence-electron chi connectivity index (χ0n) is 18.3. The van der Waals surface area contributed by atoms with Gasteiger partial charge in [-0.2, -0.15) is 18.2 Å². The summed E-state index contributed by atoms with van der Waals surface area (Å²) < 4.78 is 44.3. The maximum absolute atomic E-state index is 12.4. The van der Waals surface area contributed by atoms with E-state index in [-0.39, 0.29) is 19.1 Å². The summed E-state index contributed by atoms with van der Waals surface area (Å²) in [5, 5.41) is 8.04. The van der Waals surface area contributed by atoms with Gasteiger partial charge < -0.3 is 15.0 Å². The third-order valence-electron chi connectivity index (χ3n) is 6.43. The lowest BCUT2D eigenvalue weighted by molar-refractivity contribution is -0.136. The molecule has 0 spiro atoms. The number of rotatable bonds is 7. The smallest absolute Gasteiger partial charge is 0.389 e. The quantitative estimate of drug-likeness (QED) is 0.535. The fourth-order valence-electron chi connectivity index (χ4n) is 4.92. The van der Waals surface area contributed by atoms with Gasteiger partial charge in [0, 0.05) is 43.5 Å². The standard InChI is InChI=1S/C22H26F3N7O/c1-14-10-18(27-13-26-14)31-11-15-5-6-16(12-31)19(15)28-21-29-20-17(4-2-8-32(20)30-21)33-9-3-7-22(23,24)25/h2,4,8,10,13,15-16,19H,3,5-7,9,11-12H2,1H3,(H,28,30)/t15-,16+,19-. The molecule has 5 rings (SSSR count). The summed E-state index contributed by atoms with van der Waals surface area (Å²) in [5.41, 5.74) is 1.45. The van der Waals surface area contributed by atoms with Crippen LogP contribution >= 0.6 is 0 Å². The normalized spacial score (nSPS) is 22.7. The Morgan fingerprint density at radius 2 is 1.97 bits per heavy atom. The highest BCUT2D eigenvalue weighted by Crippen LogP contribution is 2.39. The topological polar surface area (TPSA) is 80.5 Å². The molecule has 2 bridgehead atoms. The van der Waals surface area contributed by atoms with Crippen molar-refractivity contribution in [2.75, 3.05) is 29.9 Å². The van der Waals surface area contributed by atoms with E-state index in [1.54, 1.807) is 29.2 Å². The fraction of sp³-hybridized carbons (Fsp3) is 0.545. The van der Waals surface area contributed by atoms with Crippen molar-refractivity contribution in [1.82, 2.24) is 24.6 Å². The molecule has 0 amide bonds. The van der Waals surface area contributed by atoms with Crippen LogP contribution < -0.4 is 15.0 Å². The third-order valence-corrected chi connectivity index (χ3v) is 6.43. The van der Waals surface area contributed by atoms with Crippen LogP contribution in [0.3, 0.4) is 0 Å². The van der Waals surface area contributed by atoms with E-state index in [0.29, 0.717) is 29.2 Å². The van der Waals surface area contributed by atoms with Gasteiger partial charge in [-0.3, -0.25) is 0 Å². The van der Waals surface area contributed by atoms with E-state index in [9.17, 15) is 13.2 Å². The minimum absolute atomic E-state index is 0.0278. The molecular formula is C22H26F3N7O. The molecule has 11 heteroatoms. The van der Waals surface area contributed by atoms with Crippen LogP contribution in [0, 0.1) is 18.8 Å². The highest BCUT2D eigenvalue weighted by atomic mass is 19.4. The molecule has 2 fully saturated rings. The Morgan fingerprint density at radius 3 is 2.70 bits per heavy atom. The van der Waals surface area contributed by atoms with Crippen LogP contribution in [0.2, 0.25) is 0 Å². The number of pyridine rings is 1. The SMILES string of the molecule is Cc1cc(N2C[C@H]3CC[C@@H](C2)[C@@H]3Nc2nc3c(OCCCC(F)(F)F)cccn3n2)ncn1. The first-order valence-electron chi connectivity index (χ1n) is 11.2. The van der Waals surface area contributed by atoms with Gasteiger partial charge >= 0.3 is 6.18 Å². The summed E-state index contributed by atoms with van der Waals surface area (Å²) >= 11 is 0. The van der Waals surface area contributed by atoms with Crippen molar-refractivity contribution >= 4 is 17.4 Å². The van der Waals surface area contributed by atoms with Crippen LogP contribution in [0.15, 0.2) is 30.7 Å². The van der Waals surface area contributed by atoms with Gasteiger partial charge in [-0.1, -0.05) is 0 Å². The molecule has 33 heavy (non-hydrogen) atoms. The zero-order chi connectivity index (χ0) is 23.0. The maximum atomic E-state index is 12.4. The number of fused-ring (bicyclic) bond motifs is 3. The van der Waals surface area contributed by atoms with Crippen LogP contribution in [0.4, 0.5) is 24.9 Å². The van der Waals surface area contributed by atoms with E-state index in [1.807, 2.05) is 13.0 Å². The van der Waals surface area contributed by atoms with Crippen molar-refractivity contribution in [3.8, 4) is 5.75 Å². The van der Waals surface area contributed by atoms with Crippen molar-refractivity contribution in [3.63, 3.8) is 0 Å². The molecule has 0 radical (unpaired) electrons. The van der Waals surface area contributed by atoms with Crippen molar-refractivity contribution in [2.45, 2.75) is 44.8 Å². The number of nitrogens with zero attached hydrogens (tertiary/aromatic N) is 6. The second kappa shape index (κ2) is 8.68. The van der Waals surface area contributed by atoms with Crippen LogP contribution in [-0.4, -0.2) is 56.5 Å². The number of alkyl halides is 3. The van der Waals surface area contributed by atoms with Crippen LogP contribution in [0.1, 0.15) is 31.4 Å². The number of ether oxygens (including phenoxy) is 1. The number of nitrogens with one attached hydrogen (secondary N) is 1. The van der Waals surface area contributed by atoms with Gasteiger partial charge in [0.2, 0.25) is 5.95 Å². The molecule has 1 aliphatic carbocycles. The molecule has 0 unspecified atom stereocenters. The summed E-state index contributed by atoms with van der Waals surface area (Å²) in [6, 6.07) is 5.73. The Balaban J connectivity index is 1.25. The first kappa shape index (κ1) is 21.7. The molecule has 0 aromatic carbocycles. The Bertz CT molecular complexity index is 1100. The highest BCUT2D eigenvalue weighted by molar-refractivity contribution is 5.56. The first-order chi connectivity index (χ1) is 15.9. The Kier molecular flexibility index (Phi) is 5.71. The summed E-state index contributed by atoms with van der Waals surface area (Å²) in [4.78, 5) is 15.5. The number of aromatic nitrogens is 5. The Hall–Kier alpha value is -3.11. The van der Waals surface area contributed by atoms with E-state index in [0.717, 1.165) is 37.4 Å². The Morgan fingerprint density at radius 1 is 1.18 bits per heavy atom. The van der Waals surface area contributed by atoms with Crippen LogP contribution in [-0.2, 0) is 0 Å². The van der Waals surface area contributed by atoms with Crippen molar-refractivity contribution < 1.29 is 17.9 Å². The predicted octanol–water partition coefficient (Wildman–Crippen LogP) is 3.88. The second-order valence-corrected chi connectivity index (χ2v) is 8.83. The number of piperidine rings is 1. The summed E-state index contributed by atoms with van der Waals surface area (Å²) in [6.45, 7) is 3.76. The van der Waals surface area contributed by atoms with Gasteiger partial charge in [-0.25, -0.2) is 14.5 Å². The fourth-order valence-corrected chi connectivity index (χ4v) is 4.92. The monoisotopic (exact) mass is 461 g/mol. The maximum Gasteiger partial charge on any atom is 0.389 e. The highest BCUT2D eigenvalue weighted by Gasteiger charge is 2.43. The lowest BCUT2D eigenvalue weighted by Crippen LogP contribution is -2.48. The first-order valence-corrected chi connectivity index (χ1v) is 11.2. The number of aryl methyl sites for hydroxylation is 1. The zero-order valence-corrected chi connectivity index (χ0v) is 18.3. The molecule has 2 aliphatic rings. The lowest BCUT2D eigenvalue weighted by Gasteiger charge is -2.38. The predicted molar refractivity (Wildman–Crippen MR) is 116 cm³/mol. The van der Waals surface area contributed by atoms with Crippen molar-refractivity contribution in [2.24, 2.45) is 11.8 Å². The average molecular weight is 461 g/mol. The molecule has 1 aliphatic heterocycles. The molecule has 3 aromatic heterocycles. The third kappa shape index (κ3) is 4.81. The molecular weight excluding hydrogens is 435 g/mol. The van der Waals surface area contributed by atoms with Gasteiger partial charge in [0.25, 0.3) is 0 Å². The van der Waals surface area contributed by atoms with Gasteiger partial charge in [0.1, 0.15) is 12.1 Å². The summed E-state index contributed by atoms with van der Waals surface area (Å²) in [6.07, 6.45) is 0.477. The molecule has 8 nitrogen and oxygen atoms in total. The van der Waals surface area contributed by atoms with Crippen molar-refractivity contribution in [1.29, 1.82) is 0 Å². The van der Waals surface area contributed by atoms with E-state index in [1.165, 1.54) is 0 Å². The molecule has 4 heterocycles. The van der Waals surface area contributed by atoms with E-state index >= 15 is 0 Å². The molecule has 1 N–H and O–H groups in total. The number of anilines is 2. The summed E-state index contributed by atoms with van der Waals surface area (Å²) in [7, 11) is 0. The van der Waals surface area contributed by atoms with E-state index in [4.69, 9.17) is 4.74 Å². The molecule has 1 saturated heterocycles. The molecule has 176 valence electrons. The molecule has 1 saturated carbocycles. The van der Waals surface area contributed by atoms with Crippen LogP contribution in [0.5, 0.6) is 5.75 Å². The van der Waals surface area contributed by atoms with Crippen molar-refractivity contribution in [3.05, 3.63) is 36.4 Å². The lowest BCUT2D eigenvalue weighted by atomic mass is 9.92. The molecule has 3 aromatic rings.